The summed E-state index contributed by atoms with van der Waals surface area (Å²) in [4.78, 5) is 17.2. The maximum Gasteiger partial charge on any atom is 0.255 e. The van der Waals surface area contributed by atoms with Gasteiger partial charge in [0, 0.05) is 29.1 Å². The van der Waals surface area contributed by atoms with Crippen molar-refractivity contribution in [2.24, 2.45) is 7.05 Å². The van der Waals surface area contributed by atoms with E-state index in [0.29, 0.717) is 5.56 Å². The quantitative estimate of drug-likeness (QED) is 0.360. The van der Waals surface area contributed by atoms with Crippen LogP contribution < -0.4 is 9.88 Å². The van der Waals surface area contributed by atoms with Crippen molar-refractivity contribution in [2.75, 3.05) is 5.32 Å². The van der Waals surface area contributed by atoms with Crippen LogP contribution in [0.2, 0.25) is 0 Å². The Hall–Kier alpha value is -4.63. The molecule has 154 valence electrons. The lowest BCUT2D eigenvalue weighted by Crippen LogP contribution is -2.23. The second-order valence-electron chi connectivity index (χ2n) is 7.39. The van der Waals surface area contributed by atoms with Crippen LogP contribution in [-0.4, -0.2) is 19.9 Å². The van der Waals surface area contributed by atoms with Crippen molar-refractivity contribution < 1.29 is 9.36 Å². The van der Waals surface area contributed by atoms with Gasteiger partial charge in [0.15, 0.2) is 0 Å². The highest BCUT2D eigenvalue weighted by Gasteiger charge is 2.09. The second-order valence-corrected chi connectivity index (χ2v) is 7.39. The monoisotopic (exact) mass is 418 g/mol. The Balaban J connectivity index is 1.35. The van der Waals surface area contributed by atoms with E-state index in [0.717, 1.165) is 28.3 Å². The van der Waals surface area contributed by atoms with Crippen molar-refractivity contribution >= 4 is 17.2 Å². The third-order valence-corrected chi connectivity index (χ3v) is 5.05. The molecule has 5 rings (SSSR count). The Morgan fingerprint density at radius 1 is 1.00 bits per heavy atom. The van der Waals surface area contributed by atoms with Gasteiger partial charge in [-0.05, 0) is 48.4 Å². The molecule has 0 radical (unpaired) electrons. The van der Waals surface area contributed by atoms with Gasteiger partial charge in [-0.2, -0.15) is 0 Å². The van der Waals surface area contributed by atoms with E-state index in [-0.39, 0.29) is 5.91 Å². The molecule has 1 amide bonds. The number of nitrogens with zero attached hydrogens (tertiary/aromatic N) is 4. The van der Waals surface area contributed by atoms with E-state index in [4.69, 9.17) is 0 Å². The number of amides is 1. The molecule has 1 N–H and O–H groups in total. The highest BCUT2D eigenvalue weighted by Crippen LogP contribution is 2.16. The van der Waals surface area contributed by atoms with Gasteiger partial charge >= 0.3 is 0 Å². The van der Waals surface area contributed by atoms with E-state index in [9.17, 15) is 4.79 Å². The maximum atomic E-state index is 12.8. The molecule has 5 aromatic rings. The molecule has 6 heteroatoms. The summed E-state index contributed by atoms with van der Waals surface area (Å²) in [5.41, 5.74) is 4.65. The van der Waals surface area contributed by atoms with Crippen molar-refractivity contribution in [3.05, 3.63) is 115 Å². The van der Waals surface area contributed by atoms with Crippen molar-refractivity contribution in [1.29, 1.82) is 0 Å². The third-order valence-electron chi connectivity index (χ3n) is 5.05. The number of anilines is 1. The predicted octanol–water partition coefficient (Wildman–Crippen LogP) is 3.60. The van der Waals surface area contributed by atoms with Gasteiger partial charge in [0.05, 0.1) is 13.2 Å². The molecule has 32 heavy (non-hydrogen) atoms. The number of pyridine rings is 1. The summed E-state index contributed by atoms with van der Waals surface area (Å²) in [6.45, 7) is 0. The van der Waals surface area contributed by atoms with Crippen LogP contribution in [0.5, 0.6) is 0 Å². The molecule has 0 spiro atoms. The highest BCUT2D eigenvalue weighted by atomic mass is 16.1. The average molecular weight is 418 g/mol. The summed E-state index contributed by atoms with van der Waals surface area (Å²) in [6.07, 6.45) is 9.57. The lowest BCUT2D eigenvalue weighted by atomic mass is 10.1. The first-order valence-electron chi connectivity index (χ1n) is 10.1. The van der Waals surface area contributed by atoms with E-state index in [1.165, 1.54) is 0 Å². The molecule has 0 bridgehead atoms. The molecule has 0 aliphatic carbocycles. The van der Waals surface area contributed by atoms with Crippen LogP contribution >= 0.6 is 0 Å². The molecule has 3 heterocycles. The molecule has 0 unspecified atom stereocenters. The van der Waals surface area contributed by atoms with Crippen molar-refractivity contribution in [3.8, 4) is 17.5 Å². The fraction of sp³-hybridized carbons (Fsp3) is 0.0385. The van der Waals surface area contributed by atoms with E-state index >= 15 is 0 Å². The van der Waals surface area contributed by atoms with Gasteiger partial charge in [0.1, 0.15) is 29.4 Å². The van der Waals surface area contributed by atoms with Crippen LogP contribution in [-0.2, 0) is 7.05 Å². The molecule has 2 aromatic carbocycles. The fourth-order valence-electron chi connectivity index (χ4n) is 3.45. The third kappa shape index (κ3) is 4.00. The lowest BCUT2D eigenvalue weighted by molar-refractivity contribution is -0.670. The number of rotatable bonds is 3. The first-order chi connectivity index (χ1) is 15.7. The van der Waals surface area contributed by atoms with E-state index in [2.05, 4.69) is 22.1 Å². The average Bonchev–Trinajstić information content (AvgIpc) is 3.44. The van der Waals surface area contributed by atoms with Crippen LogP contribution in [0.15, 0.2) is 97.8 Å². The minimum atomic E-state index is -0.182. The maximum absolute atomic E-state index is 12.8. The molecule has 0 saturated heterocycles. The minimum absolute atomic E-state index is 0.182. The molecule has 6 nitrogen and oxygen atoms in total. The zero-order valence-electron chi connectivity index (χ0n) is 17.4. The zero-order chi connectivity index (χ0) is 21.9. The van der Waals surface area contributed by atoms with Crippen molar-refractivity contribution in [2.45, 2.75) is 0 Å². The summed E-state index contributed by atoms with van der Waals surface area (Å²) in [6, 6.07) is 20.8. The van der Waals surface area contributed by atoms with E-state index in [1.54, 1.807) is 18.3 Å². The summed E-state index contributed by atoms with van der Waals surface area (Å²) < 4.78 is 5.89. The Labute approximate surface area is 185 Å². The highest BCUT2D eigenvalue weighted by molar-refractivity contribution is 6.04. The first kappa shape index (κ1) is 19.3. The van der Waals surface area contributed by atoms with Gasteiger partial charge in [-0.1, -0.05) is 24.1 Å². The van der Waals surface area contributed by atoms with Crippen molar-refractivity contribution in [1.82, 2.24) is 14.0 Å². The SMILES string of the molecule is C[n+]1ccn(-c2cccc(NC(=O)c3cccc(C#Cc4cnc5ccccn45)c3)c2)c1. The largest absolute Gasteiger partial charge is 0.322 e. The zero-order valence-corrected chi connectivity index (χ0v) is 17.4. The van der Waals surface area contributed by atoms with Crippen LogP contribution in [0, 0.1) is 11.8 Å². The number of aryl methyl sites for hydroxylation is 1. The Bertz CT molecular complexity index is 1500. The normalized spacial score (nSPS) is 10.5. The number of nitrogens with one attached hydrogen (secondary N) is 1. The van der Waals surface area contributed by atoms with E-state index < -0.39 is 0 Å². The molecule has 3 aromatic heterocycles. The number of carbonyl (C=O) groups is 1. The smallest absolute Gasteiger partial charge is 0.255 e. The van der Waals surface area contributed by atoms with Crippen LogP contribution in [0.1, 0.15) is 21.6 Å². The molecule has 0 aliphatic rings. The topological polar surface area (TPSA) is 55.2 Å². The minimum Gasteiger partial charge on any atom is -0.322 e. The van der Waals surface area contributed by atoms with Crippen LogP contribution in [0.25, 0.3) is 11.3 Å². The van der Waals surface area contributed by atoms with Crippen molar-refractivity contribution in [3.63, 3.8) is 0 Å². The number of aromatic nitrogens is 4. The Morgan fingerprint density at radius 2 is 1.91 bits per heavy atom. The van der Waals surface area contributed by atoms with Gasteiger partial charge in [0.25, 0.3) is 5.91 Å². The van der Waals surface area contributed by atoms with Gasteiger partial charge < -0.3 is 5.32 Å². The predicted molar refractivity (Wildman–Crippen MR) is 123 cm³/mol. The van der Waals surface area contributed by atoms with Crippen LogP contribution in [0.4, 0.5) is 5.69 Å². The number of imidazole rings is 2. The Kier molecular flexibility index (Phi) is 4.98. The fourth-order valence-corrected chi connectivity index (χ4v) is 3.45. The molecule has 0 atom stereocenters. The van der Waals surface area contributed by atoms with Crippen LogP contribution in [0.3, 0.4) is 0 Å². The number of hydrogen-bond acceptors (Lipinski definition) is 2. The summed E-state index contributed by atoms with van der Waals surface area (Å²) in [5.74, 6) is 6.09. The number of hydrogen-bond donors (Lipinski definition) is 1. The van der Waals surface area contributed by atoms with Gasteiger partial charge in [-0.15, -0.1) is 0 Å². The lowest BCUT2D eigenvalue weighted by Gasteiger charge is -2.06. The Morgan fingerprint density at radius 3 is 2.78 bits per heavy atom. The summed E-state index contributed by atoms with van der Waals surface area (Å²) >= 11 is 0. The second kappa shape index (κ2) is 8.25. The standard InChI is InChI=1S/C26H19N5O/c1-29-14-15-30(19-29)23-9-5-8-22(17-23)28-26(32)21-7-4-6-20(16-21)11-12-24-18-27-25-10-2-3-13-31(24)25/h2-10,13-19H,1H3/p+1. The summed E-state index contributed by atoms with van der Waals surface area (Å²) in [5, 5.41) is 2.97. The van der Waals surface area contributed by atoms with Gasteiger partial charge in [0.2, 0.25) is 6.33 Å². The van der Waals surface area contributed by atoms with E-state index in [1.807, 2.05) is 100 Å². The number of benzene rings is 2. The molecular formula is C26H20N5O+. The molecule has 0 saturated carbocycles. The number of fused-ring (bicyclic) bond motifs is 1. The molecule has 0 fully saturated rings. The first-order valence-corrected chi connectivity index (χ1v) is 10.1. The van der Waals surface area contributed by atoms with Gasteiger partial charge in [-0.3, -0.25) is 9.20 Å². The molecule has 0 aliphatic heterocycles. The molecular weight excluding hydrogens is 398 g/mol. The van der Waals surface area contributed by atoms with Gasteiger partial charge in [-0.25, -0.2) is 14.1 Å². The summed E-state index contributed by atoms with van der Waals surface area (Å²) in [7, 11) is 1.97. The number of carbonyl (C=O) groups excluding carboxylic acids is 1.